The molecule has 0 bridgehead atoms. The van der Waals surface area contributed by atoms with Crippen molar-refractivity contribution in [3.8, 4) is 0 Å². The standard InChI is InChI=1S/C13H18FNOS/c1-9-12(10-4-6-11(14)7-5-10)15-13(2,3)8-17(9)16/h4-7,9,12,15H,8H2,1-3H3. The molecule has 1 aromatic carbocycles. The second-order valence-electron chi connectivity index (χ2n) is 5.29. The van der Waals surface area contributed by atoms with Crippen LogP contribution in [-0.4, -0.2) is 20.8 Å². The molecule has 4 heteroatoms. The summed E-state index contributed by atoms with van der Waals surface area (Å²) >= 11 is 0. The van der Waals surface area contributed by atoms with Gasteiger partial charge in [-0.3, -0.25) is 4.21 Å². The minimum absolute atomic E-state index is 0.0279. The largest absolute Gasteiger partial charge is 0.303 e. The van der Waals surface area contributed by atoms with Gasteiger partial charge in [0.1, 0.15) is 5.82 Å². The fourth-order valence-electron chi connectivity index (χ4n) is 2.24. The third-order valence-corrected chi connectivity index (χ3v) is 5.27. The van der Waals surface area contributed by atoms with E-state index >= 15 is 0 Å². The molecule has 1 aromatic rings. The first-order valence-corrected chi connectivity index (χ1v) is 7.18. The average molecular weight is 255 g/mol. The Morgan fingerprint density at radius 3 is 2.53 bits per heavy atom. The monoisotopic (exact) mass is 255 g/mol. The second-order valence-corrected chi connectivity index (χ2v) is 7.08. The lowest BCUT2D eigenvalue weighted by atomic mass is 9.98. The minimum atomic E-state index is -0.847. The molecule has 0 saturated carbocycles. The number of halogens is 1. The molecule has 3 unspecified atom stereocenters. The normalized spacial score (nSPS) is 32.4. The molecular formula is C13H18FNOS. The van der Waals surface area contributed by atoms with E-state index in [1.54, 1.807) is 12.1 Å². The smallest absolute Gasteiger partial charge is 0.123 e. The van der Waals surface area contributed by atoms with Gasteiger partial charge in [0.2, 0.25) is 0 Å². The van der Waals surface area contributed by atoms with Crippen molar-refractivity contribution < 1.29 is 8.60 Å². The molecule has 1 N–H and O–H groups in total. The highest BCUT2D eigenvalue weighted by Crippen LogP contribution is 2.29. The lowest BCUT2D eigenvalue weighted by Gasteiger charge is -2.40. The van der Waals surface area contributed by atoms with Crippen molar-refractivity contribution in [2.24, 2.45) is 0 Å². The Balaban J connectivity index is 2.30. The lowest BCUT2D eigenvalue weighted by Crippen LogP contribution is -2.55. The van der Waals surface area contributed by atoms with E-state index in [0.29, 0.717) is 5.75 Å². The molecule has 1 fully saturated rings. The van der Waals surface area contributed by atoms with Gasteiger partial charge in [-0.2, -0.15) is 0 Å². The lowest BCUT2D eigenvalue weighted by molar-refractivity contribution is 0.344. The van der Waals surface area contributed by atoms with Crippen LogP contribution < -0.4 is 5.32 Å². The van der Waals surface area contributed by atoms with Crippen LogP contribution in [0.1, 0.15) is 32.4 Å². The van der Waals surface area contributed by atoms with E-state index in [-0.39, 0.29) is 22.6 Å². The quantitative estimate of drug-likeness (QED) is 0.835. The van der Waals surface area contributed by atoms with Gasteiger partial charge in [-0.25, -0.2) is 4.39 Å². The van der Waals surface area contributed by atoms with E-state index in [0.717, 1.165) is 5.56 Å². The SMILES string of the molecule is CC1C(c2ccc(F)cc2)NC(C)(C)CS1=O. The van der Waals surface area contributed by atoms with Crippen molar-refractivity contribution in [3.05, 3.63) is 35.6 Å². The van der Waals surface area contributed by atoms with Gasteiger partial charge in [-0.15, -0.1) is 0 Å². The molecular weight excluding hydrogens is 237 g/mol. The molecule has 0 amide bonds. The Morgan fingerprint density at radius 1 is 1.35 bits per heavy atom. The molecule has 2 nitrogen and oxygen atoms in total. The summed E-state index contributed by atoms with van der Waals surface area (Å²) in [5, 5.41) is 3.54. The van der Waals surface area contributed by atoms with Crippen molar-refractivity contribution in [2.45, 2.75) is 37.6 Å². The molecule has 0 aliphatic carbocycles. The maximum atomic E-state index is 12.9. The maximum Gasteiger partial charge on any atom is 0.123 e. The van der Waals surface area contributed by atoms with Crippen LogP contribution in [0.25, 0.3) is 0 Å². The number of hydrogen-bond donors (Lipinski definition) is 1. The van der Waals surface area contributed by atoms with E-state index in [1.807, 2.05) is 20.8 Å². The molecule has 0 spiro atoms. The first kappa shape index (κ1) is 12.7. The first-order valence-electron chi connectivity index (χ1n) is 5.79. The summed E-state index contributed by atoms with van der Waals surface area (Å²) in [4.78, 5) is 0. The zero-order valence-corrected chi connectivity index (χ0v) is 11.2. The zero-order chi connectivity index (χ0) is 12.6. The van der Waals surface area contributed by atoms with Crippen molar-refractivity contribution in [3.63, 3.8) is 0 Å². The van der Waals surface area contributed by atoms with Gasteiger partial charge in [0, 0.05) is 28.1 Å². The fourth-order valence-corrected chi connectivity index (χ4v) is 3.83. The van der Waals surface area contributed by atoms with Gasteiger partial charge in [0.05, 0.1) is 5.25 Å². The topological polar surface area (TPSA) is 29.1 Å². The van der Waals surface area contributed by atoms with Gasteiger partial charge in [0.15, 0.2) is 0 Å². The van der Waals surface area contributed by atoms with Crippen LogP contribution in [0.2, 0.25) is 0 Å². The molecule has 2 rings (SSSR count). The van der Waals surface area contributed by atoms with Gasteiger partial charge in [0.25, 0.3) is 0 Å². The number of rotatable bonds is 1. The van der Waals surface area contributed by atoms with Gasteiger partial charge < -0.3 is 5.32 Å². The molecule has 1 saturated heterocycles. The summed E-state index contributed by atoms with van der Waals surface area (Å²) in [6.07, 6.45) is 0. The summed E-state index contributed by atoms with van der Waals surface area (Å²) in [6.45, 7) is 6.08. The van der Waals surface area contributed by atoms with E-state index < -0.39 is 10.8 Å². The van der Waals surface area contributed by atoms with Crippen LogP contribution in [-0.2, 0) is 10.8 Å². The highest BCUT2D eigenvalue weighted by atomic mass is 32.2. The van der Waals surface area contributed by atoms with Gasteiger partial charge in [-0.05, 0) is 38.5 Å². The first-order chi connectivity index (χ1) is 7.89. The summed E-state index contributed by atoms with van der Waals surface area (Å²) in [5.41, 5.74) is 0.858. The highest BCUT2D eigenvalue weighted by molar-refractivity contribution is 7.85. The Morgan fingerprint density at radius 2 is 1.94 bits per heavy atom. The fraction of sp³-hybridized carbons (Fsp3) is 0.538. The van der Waals surface area contributed by atoms with E-state index in [1.165, 1.54) is 12.1 Å². The summed E-state index contributed by atoms with van der Waals surface area (Å²) in [5.74, 6) is 0.420. The molecule has 0 aromatic heterocycles. The van der Waals surface area contributed by atoms with Crippen molar-refractivity contribution in [1.29, 1.82) is 0 Å². The highest BCUT2D eigenvalue weighted by Gasteiger charge is 2.37. The van der Waals surface area contributed by atoms with Crippen LogP contribution in [0.15, 0.2) is 24.3 Å². The van der Waals surface area contributed by atoms with Gasteiger partial charge >= 0.3 is 0 Å². The Kier molecular flexibility index (Phi) is 3.36. The molecule has 1 aliphatic rings. The second kappa shape index (κ2) is 4.50. The molecule has 1 aliphatic heterocycles. The predicted octanol–water partition coefficient (Wildman–Crippen LogP) is 2.39. The molecule has 1 heterocycles. The molecule has 94 valence electrons. The molecule has 3 atom stereocenters. The number of nitrogens with one attached hydrogen (secondary N) is 1. The minimum Gasteiger partial charge on any atom is -0.303 e. The van der Waals surface area contributed by atoms with Crippen LogP contribution in [0.3, 0.4) is 0 Å². The van der Waals surface area contributed by atoms with Gasteiger partial charge in [-0.1, -0.05) is 12.1 Å². The third-order valence-electron chi connectivity index (χ3n) is 3.16. The molecule has 0 radical (unpaired) electrons. The maximum absolute atomic E-state index is 12.9. The summed E-state index contributed by atoms with van der Waals surface area (Å²) in [7, 11) is -0.847. The molecule has 17 heavy (non-hydrogen) atoms. The van der Waals surface area contributed by atoms with Crippen LogP contribution in [0.4, 0.5) is 4.39 Å². The number of hydrogen-bond acceptors (Lipinski definition) is 2. The van der Waals surface area contributed by atoms with Crippen molar-refractivity contribution in [2.75, 3.05) is 5.75 Å². The van der Waals surface area contributed by atoms with Crippen LogP contribution in [0, 0.1) is 5.82 Å². The van der Waals surface area contributed by atoms with E-state index in [9.17, 15) is 8.60 Å². The van der Waals surface area contributed by atoms with Crippen molar-refractivity contribution >= 4 is 10.8 Å². The summed E-state index contributed by atoms with van der Waals surface area (Å²) in [6, 6.07) is 6.47. The Labute approximate surface area is 104 Å². The predicted molar refractivity (Wildman–Crippen MR) is 68.8 cm³/mol. The average Bonchev–Trinajstić information content (AvgIpc) is 2.24. The van der Waals surface area contributed by atoms with Crippen molar-refractivity contribution in [1.82, 2.24) is 5.32 Å². The summed E-state index contributed by atoms with van der Waals surface area (Å²) < 4.78 is 25.0. The number of benzene rings is 1. The Hall–Kier alpha value is -0.740. The Bertz CT molecular complexity index is 430. The zero-order valence-electron chi connectivity index (χ0n) is 10.4. The van der Waals surface area contributed by atoms with Crippen LogP contribution in [0.5, 0.6) is 0 Å². The third kappa shape index (κ3) is 2.75. The van der Waals surface area contributed by atoms with Crippen LogP contribution >= 0.6 is 0 Å². The van der Waals surface area contributed by atoms with E-state index in [4.69, 9.17) is 0 Å². The van der Waals surface area contributed by atoms with E-state index in [2.05, 4.69) is 5.32 Å².